The first kappa shape index (κ1) is 10.4. The molecule has 1 aromatic rings. The van der Waals surface area contributed by atoms with Crippen molar-refractivity contribution in [1.82, 2.24) is 5.01 Å². The van der Waals surface area contributed by atoms with Crippen molar-refractivity contribution in [2.24, 2.45) is 5.84 Å². The molecule has 0 aromatic heterocycles. The van der Waals surface area contributed by atoms with Crippen molar-refractivity contribution in [2.75, 3.05) is 19.8 Å². The maximum absolute atomic E-state index is 5.91. The third-order valence-electron chi connectivity index (χ3n) is 2.73. The van der Waals surface area contributed by atoms with Gasteiger partial charge in [-0.1, -0.05) is 36.9 Å². The average Bonchev–Trinajstić information content (AvgIpc) is 2.30. The number of benzene rings is 1. The Kier molecular flexibility index (Phi) is 3.16. The van der Waals surface area contributed by atoms with E-state index in [2.05, 4.69) is 18.7 Å². The predicted octanol–water partition coefficient (Wildman–Crippen LogP) is 1.58. The lowest BCUT2D eigenvalue weighted by Gasteiger charge is -2.32. The number of morpholine rings is 1. The van der Waals surface area contributed by atoms with Gasteiger partial charge in [-0.15, -0.1) is 0 Å². The lowest BCUT2D eigenvalue weighted by Crippen LogP contribution is -2.44. The third kappa shape index (κ3) is 2.26. The molecule has 15 heavy (non-hydrogen) atoms. The smallest absolute Gasteiger partial charge is 0.0725 e. The topological polar surface area (TPSA) is 38.5 Å². The monoisotopic (exact) mass is 204 g/mol. The van der Waals surface area contributed by atoms with Crippen molar-refractivity contribution in [3.8, 4) is 0 Å². The molecule has 0 amide bonds. The molecule has 1 atom stereocenters. The molecule has 2 rings (SSSR count). The lowest BCUT2D eigenvalue weighted by molar-refractivity contribution is -0.00894. The second-order valence-corrected chi connectivity index (χ2v) is 3.70. The number of ether oxygens (including phenoxy) is 1. The summed E-state index contributed by atoms with van der Waals surface area (Å²) < 4.78 is 5.42. The quantitative estimate of drug-likeness (QED) is 0.743. The van der Waals surface area contributed by atoms with Gasteiger partial charge in [-0.25, -0.2) is 5.01 Å². The second-order valence-electron chi connectivity index (χ2n) is 3.70. The highest BCUT2D eigenvalue weighted by atomic mass is 16.5. The molecular weight excluding hydrogens is 188 g/mol. The van der Waals surface area contributed by atoms with Gasteiger partial charge in [0.2, 0.25) is 0 Å². The van der Waals surface area contributed by atoms with Gasteiger partial charge in [0.15, 0.2) is 0 Å². The molecule has 1 unspecified atom stereocenters. The van der Waals surface area contributed by atoms with Gasteiger partial charge in [-0.3, -0.25) is 5.84 Å². The van der Waals surface area contributed by atoms with Crippen molar-refractivity contribution >= 4 is 6.08 Å². The minimum atomic E-state index is 0.178. The van der Waals surface area contributed by atoms with Crippen LogP contribution >= 0.6 is 0 Å². The SMILES string of the molecule is C=Cc1ccc(C2COCCN2N)cc1. The second kappa shape index (κ2) is 4.57. The van der Waals surface area contributed by atoms with Gasteiger partial charge in [0, 0.05) is 6.54 Å². The van der Waals surface area contributed by atoms with Crippen LogP contribution in [0.3, 0.4) is 0 Å². The molecule has 0 bridgehead atoms. The summed E-state index contributed by atoms with van der Waals surface area (Å²) in [5.74, 6) is 5.91. The summed E-state index contributed by atoms with van der Waals surface area (Å²) >= 11 is 0. The van der Waals surface area contributed by atoms with E-state index in [1.54, 1.807) is 0 Å². The van der Waals surface area contributed by atoms with E-state index in [1.165, 1.54) is 5.56 Å². The van der Waals surface area contributed by atoms with Gasteiger partial charge in [-0.2, -0.15) is 0 Å². The summed E-state index contributed by atoms with van der Waals surface area (Å²) in [6, 6.07) is 8.43. The van der Waals surface area contributed by atoms with Crippen LogP contribution in [-0.4, -0.2) is 24.8 Å². The summed E-state index contributed by atoms with van der Waals surface area (Å²) in [5, 5.41) is 1.84. The number of rotatable bonds is 2. The minimum Gasteiger partial charge on any atom is -0.378 e. The van der Waals surface area contributed by atoms with Crippen LogP contribution in [0.1, 0.15) is 17.2 Å². The lowest BCUT2D eigenvalue weighted by atomic mass is 10.0. The normalized spacial score (nSPS) is 22.6. The van der Waals surface area contributed by atoms with Crippen LogP contribution in [0.4, 0.5) is 0 Å². The Morgan fingerprint density at radius 3 is 2.73 bits per heavy atom. The van der Waals surface area contributed by atoms with Crippen molar-refractivity contribution in [1.29, 1.82) is 0 Å². The van der Waals surface area contributed by atoms with Gasteiger partial charge in [0.1, 0.15) is 0 Å². The fourth-order valence-electron chi connectivity index (χ4n) is 1.76. The summed E-state index contributed by atoms with van der Waals surface area (Å²) in [6.07, 6.45) is 1.83. The first-order chi connectivity index (χ1) is 7.31. The van der Waals surface area contributed by atoms with Crippen molar-refractivity contribution in [2.45, 2.75) is 6.04 Å². The Balaban J connectivity index is 2.16. The van der Waals surface area contributed by atoms with Crippen LogP contribution < -0.4 is 5.84 Å². The zero-order valence-electron chi connectivity index (χ0n) is 8.73. The minimum absolute atomic E-state index is 0.178. The van der Waals surface area contributed by atoms with Gasteiger partial charge < -0.3 is 4.74 Å². The first-order valence-electron chi connectivity index (χ1n) is 5.13. The Morgan fingerprint density at radius 2 is 2.13 bits per heavy atom. The summed E-state index contributed by atoms with van der Waals surface area (Å²) in [5.41, 5.74) is 2.32. The molecule has 3 heteroatoms. The maximum Gasteiger partial charge on any atom is 0.0725 e. The number of nitrogens with two attached hydrogens (primary N) is 1. The average molecular weight is 204 g/mol. The van der Waals surface area contributed by atoms with E-state index >= 15 is 0 Å². The Bertz CT molecular complexity index is 334. The predicted molar refractivity (Wildman–Crippen MR) is 61.0 cm³/mol. The largest absolute Gasteiger partial charge is 0.378 e. The number of hydrogen-bond acceptors (Lipinski definition) is 3. The Hall–Kier alpha value is -1.16. The summed E-state index contributed by atoms with van der Waals surface area (Å²) in [7, 11) is 0. The number of hydrogen-bond donors (Lipinski definition) is 1. The molecule has 0 radical (unpaired) electrons. The van der Waals surface area contributed by atoms with E-state index in [0.717, 1.165) is 18.7 Å². The van der Waals surface area contributed by atoms with Gasteiger partial charge in [0.25, 0.3) is 0 Å². The van der Waals surface area contributed by atoms with Gasteiger partial charge in [0.05, 0.1) is 19.3 Å². The summed E-state index contributed by atoms with van der Waals surface area (Å²) in [4.78, 5) is 0. The van der Waals surface area contributed by atoms with Gasteiger partial charge >= 0.3 is 0 Å². The van der Waals surface area contributed by atoms with Crippen LogP contribution in [0.2, 0.25) is 0 Å². The zero-order valence-corrected chi connectivity index (χ0v) is 8.73. The van der Waals surface area contributed by atoms with Crippen LogP contribution in [0.25, 0.3) is 6.08 Å². The Morgan fingerprint density at radius 1 is 1.40 bits per heavy atom. The molecule has 1 aliphatic heterocycles. The fraction of sp³-hybridized carbons (Fsp3) is 0.333. The first-order valence-corrected chi connectivity index (χ1v) is 5.13. The van der Waals surface area contributed by atoms with Gasteiger partial charge in [-0.05, 0) is 11.1 Å². The van der Waals surface area contributed by atoms with Crippen LogP contribution in [0, 0.1) is 0 Å². The van der Waals surface area contributed by atoms with E-state index in [4.69, 9.17) is 10.6 Å². The zero-order chi connectivity index (χ0) is 10.7. The van der Waals surface area contributed by atoms with Crippen LogP contribution in [-0.2, 0) is 4.74 Å². The molecule has 0 saturated carbocycles. The molecule has 0 spiro atoms. The molecule has 2 N–H and O–H groups in total. The number of hydrazine groups is 1. The molecule has 1 saturated heterocycles. The van der Waals surface area contributed by atoms with Crippen molar-refractivity contribution in [3.63, 3.8) is 0 Å². The molecule has 1 heterocycles. The van der Waals surface area contributed by atoms with Crippen LogP contribution in [0.5, 0.6) is 0 Å². The number of nitrogens with zero attached hydrogens (tertiary/aromatic N) is 1. The molecule has 3 nitrogen and oxygen atoms in total. The standard InChI is InChI=1S/C12H16N2O/c1-2-10-3-5-11(6-4-10)12-9-15-8-7-14(12)13/h2-6,12H,1,7-9,13H2. The maximum atomic E-state index is 5.91. The molecular formula is C12H16N2O. The highest BCUT2D eigenvalue weighted by molar-refractivity contribution is 5.47. The molecule has 1 aliphatic rings. The van der Waals surface area contributed by atoms with Crippen molar-refractivity contribution in [3.05, 3.63) is 42.0 Å². The van der Waals surface area contributed by atoms with E-state index in [1.807, 2.05) is 23.2 Å². The van der Waals surface area contributed by atoms with E-state index in [9.17, 15) is 0 Å². The van der Waals surface area contributed by atoms with E-state index in [-0.39, 0.29) is 6.04 Å². The highest BCUT2D eigenvalue weighted by Gasteiger charge is 2.21. The van der Waals surface area contributed by atoms with E-state index in [0.29, 0.717) is 6.61 Å². The third-order valence-corrected chi connectivity index (χ3v) is 2.73. The Labute approximate surface area is 90.1 Å². The summed E-state index contributed by atoms with van der Waals surface area (Å²) in [6.45, 7) is 5.90. The van der Waals surface area contributed by atoms with Crippen molar-refractivity contribution < 1.29 is 4.74 Å². The molecule has 80 valence electrons. The molecule has 1 aromatic carbocycles. The van der Waals surface area contributed by atoms with E-state index < -0.39 is 0 Å². The fourth-order valence-corrected chi connectivity index (χ4v) is 1.76. The highest BCUT2D eigenvalue weighted by Crippen LogP contribution is 2.21. The molecule has 0 aliphatic carbocycles. The molecule has 1 fully saturated rings. The van der Waals surface area contributed by atoms with Crippen LogP contribution in [0.15, 0.2) is 30.8 Å².